The Bertz CT molecular complexity index is 1580. The van der Waals surface area contributed by atoms with Crippen LogP contribution in [-0.2, 0) is 14.3 Å². The van der Waals surface area contributed by atoms with E-state index < -0.39 is 49.5 Å². The summed E-state index contributed by atoms with van der Waals surface area (Å²) in [6.07, 6.45) is 90.9. The number of carbonyl (C=O) groups is 1. The predicted molar refractivity (Wildman–Crippen MR) is 392 cm³/mol. The molecule has 0 aromatic heterocycles. The highest BCUT2D eigenvalue weighted by atomic mass is 16.7. The first-order valence-corrected chi connectivity index (χ1v) is 40.3. The highest BCUT2D eigenvalue weighted by Crippen LogP contribution is 2.24. The van der Waals surface area contributed by atoms with Gasteiger partial charge < -0.3 is 40.3 Å². The smallest absolute Gasteiger partial charge is 0.220 e. The molecule has 1 saturated heterocycles. The summed E-state index contributed by atoms with van der Waals surface area (Å²) in [5.74, 6) is -0.134. The summed E-state index contributed by atoms with van der Waals surface area (Å²) >= 11 is 0. The fourth-order valence-electron chi connectivity index (χ4n) is 13.2. The van der Waals surface area contributed by atoms with Gasteiger partial charge in [-0.15, -0.1) is 0 Å². The Hall–Kier alpha value is -1.85. The third-order valence-corrected chi connectivity index (χ3v) is 19.4. The Morgan fingerprint density at radius 3 is 1.01 bits per heavy atom. The molecule has 1 aliphatic rings. The number of aliphatic hydroxyl groups is 5. The second-order valence-electron chi connectivity index (χ2n) is 28.2. The molecule has 7 atom stereocenters. The minimum absolute atomic E-state index is 0.133. The molecular weight excluding hydrogens is 1130 g/mol. The van der Waals surface area contributed by atoms with Crippen molar-refractivity contribution in [2.24, 2.45) is 0 Å². The number of allylic oxidation sites excluding steroid dienone is 8. The molecule has 0 saturated carbocycles. The van der Waals surface area contributed by atoms with Crippen LogP contribution in [0.1, 0.15) is 412 Å². The van der Waals surface area contributed by atoms with E-state index in [1.54, 1.807) is 0 Å². The third-order valence-electron chi connectivity index (χ3n) is 19.4. The zero-order valence-electron chi connectivity index (χ0n) is 60.4. The fraction of sp³-hybridized carbons (Fsp3) is 0.890. The van der Waals surface area contributed by atoms with Crippen LogP contribution in [0, 0.1) is 0 Å². The molecule has 6 N–H and O–H groups in total. The predicted octanol–water partition coefficient (Wildman–Crippen LogP) is 23.1. The maximum atomic E-state index is 13.2. The van der Waals surface area contributed by atoms with Crippen molar-refractivity contribution in [1.29, 1.82) is 0 Å². The molecule has 0 spiro atoms. The summed E-state index contributed by atoms with van der Waals surface area (Å²) in [7, 11) is 0. The van der Waals surface area contributed by atoms with Crippen LogP contribution in [0.3, 0.4) is 0 Å². The number of rotatable bonds is 72. The van der Waals surface area contributed by atoms with E-state index in [4.69, 9.17) is 9.47 Å². The van der Waals surface area contributed by atoms with E-state index in [0.29, 0.717) is 12.8 Å². The molecular formula is C82H155NO8. The van der Waals surface area contributed by atoms with Crippen molar-refractivity contribution < 1.29 is 39.8 Å². The lowest BCUT2D eigenvalue weighted by Gasteiger charge is -2.40. The molecule has 1 heterocycles. The second kappa shape index (κ2) is 70.9. The van der Waals surface area contributed by atoms with Crippen LogP contribution in [0.2, 0.25) is 0 Å². The molecule has 536 valence electrons. The normalized spacial score (nSPS) is 17.9. The summed E-state index contributed by atoms with van der Waals surface area (Å²) in [6, 6.07) is -0.719. The van der Waals surface area contributed by atoms with Crippen molar-refractivity contribution in [3.63, 3.8) is 0 Å². The van der Waals surface area contributed by atoms with Crippen molar-refractivity contribution in [2.75, 3.05) is 13.2 Å². The quantitative estimate of drug-likeness (QED) is 0.0261. The zero-order valence-corrected chi connectivity index (χ0v) is 60.4. The van der Waals surface area contributed by atoms with Crippen molar-refractivity contribution in [2.45, 2.75) is 455 Å². The number of unbranched alkanes of at least 4 members (excludes halogenated alkanes) is 54. The van der Waals surface area contributed by atoms with Gasteiger partial charge in [-0.25, -0.2) is 0 Å². The molecule has 1 amide bonds. The first-order chi connectivity index (χ1) is 44.8. The van der Waals surface area contributed by atoms with Gasteiger partial charge in [0.2, 0.25) is 5.91 Å². The first kappa shape index (κ1) is 87.2. The van der Waals surface area contributed by atoms with Gasteiger partial charge in [0.15, 0.2) is 6.29 Å². The van der Waals surface area contributed by atoms with Gasteiger partial charge in [-0.2, -0.15) is 0 Å². The van der Waals surface area contributed by atoms with E-state index >= 15 is 0 Å². The van der Waals surface area contributed by atoms with Gasteiger partial charge in [-0.05, 0) is 51.4 Å². The average Bonchev–Trinajstić information content (AvgIpc) is 1.33. The molecule has 0 aromatic carbocycles. The molecule has 91 heavy (non-hydrogen) atoms. The van der Waals surface area contributed by atoms with Crippen LogP contribution >= 0.6 is 0 Å². The van der Waals surface area contributed by atoms with E-state index in [1.165, 1.54) is 321 Å². The van der Waals surface area contributed by atoms with Gasteiger partial charge in [0, 0.05) is 6.42 Å². The molecule has 1 aliphatic heterocycles. The summed E-state index contributed by atoms with van der Waals surface area (Å²) in [5.41, 5.74) is 0. The molecule has 0 bridgehead atoms. The average molecular weight is 1280 g/mol. The van der Waals surface area contributed by atoms with Gasteiger partial charge in [0.05, 0.1) is 25.4 Å². The van der Waals surface area contributed by atoms with Gasteiger partial charge in [0.25, 0.3) is 0 Å². The molecule has 0 radical (unpaired) electrons. The summed E-state index contributed by atoms with van der Waals surface area (Å²) in [5, 5.41) is 55.1. The summed E-state index contributed by atoms with van der Waals surface area (Å²) < 4.78 is 11.4. The molecule has 7 unspecified atom stereocenters. The SMILES string of the molecule is CC/C=C\C/C=C\C/C=C\C/C=C\CCCCCCCCCCCCCCCCCCCCCCCCCCCCC(=O)NC(COC1OC(CO)C(O)C(O)C1O)C(O)CCCCCCCCCCCCCCCCCCCCCCCCCCCCCCC. The van der Waals surface area contributed by atoms with Gasteiger partial charge in [-0.1, -0.05) is 403 Å². The van der Waals surface area contributed by atoms with Gasteiger partial charge in [0.1, 0.15) is 24.4 Å². The monoisotopic (exact) mass is 1280 g/mol. The lowest BCUT2D eigenvalue weighted by molar-refractivity contribution is -0.302. The van der Waals surface area contributed by atoms with E-state index in [1.807, 2.05) is 0 Å². The fourth-order valence-corrected chi connectivity index (χ4v) is 13.2. The zero-order chi connectivity index (χ0) is 65.7. The number of aliphatic hydroxyl groups excluding tert-OH is 5. The van der Waals surface area contributed by atoms with Crippen LogP contribution in [-0.4, -0.2) is 87.5 Å². The number of amides is 1. The lowest BCUT2D eigenvalue weighted by Crippen LogP contribution is -2.60. The Labute approximate surface area is 564 Å². The number of nitrogens with one attached hydrogen (secondary N) is 1. The number of ether oxygens (including phenoxy) is 2. The van der Waals surface area contributed by atoms with Crippen molar-refractivity contribution in [1.82, 2.24) is 5.32 Å². The van der Waals surface area contributed by atoms with E-state index in [9.17, 15) is 30.3 Å². The minimum atomic E-state index is -1.55. The molecule has 1 fully saturated rings. The molecule has 9 heteroatoms. The highest BCUT2D eigenvalue weighted by molar-refractivity contribution is 5.76. The maximum Gasteiger partial charge on any atom is 0.220 e. The van der Waals surface area contributed by atoms with Gasteiger partial charge >= 0.3 is 0 Å². The Balaban J connectivity index is 2.03. The molecule has 0 aliphatic carbocycles. The molecule has 0 aromatic rings. The van der Waals surface area contributed by atoms with Crippen molar-refractivity contribution in [3.8, 4) is 0 Å². The highest BCUT2D eigenvalue weighted by Gasteiger charge is 2.44. The minimum Gasteiger partial charge on any atom is -0.394 e. The van der Waals surface area contributed by atoms with Crippen LogP contribution in [0.5, 0.6) is 0 Å². The summed E-state index contributed by atoms with van der Waals surface area (Å²) in [6.45, 7) is 3.79. The van der Waals surface area contributed by atoms with E-state index in [0.717, 1.165) is 64.2 Å². The largest absolute Gasteiger partial charge is 0.394 e. The van der Waals surface area contributed by atoms with Crippen LogP contribution < -0.4 is 5.32 Å². The van der Waals surface area contributed by atoms with Crippen LogP contribution in [0.4, 0.5) is 0 Å². The van der Waals surface area contributed by atoms with Crippen LogP contribution in [0.15, 0.2) is 48.6 Å². The van der Waals surface area contributed by atoms with Gasteiger partial charge in [-0.3, -0.25) is 4.79 Å². The Morgan fingerprint density at radius 1 is 0.385 bits per heavy atom. The van der Waals surface area contributed by atoms with Crippen molar-refractivity contribution in [3.05, 3.63) is 48.6 Å². The topological polar surface area (TPSA) is 149 Å². The molecule has 1 rings (SSSR count). The maximum absolute atomic E-state index is 13.2. The number of hydrogen-bond acceptors (Lipinski definition) is 8. The Kier molecular flexibility index (Phi) is 67.9. The standard InChI is InChI=1S/C82H155NO8/c1-3-5-7-9-11-13-15-17-19-21-23-25-27-29-31-33-34-35-36-37-38-39-40-41-42-44-46-48-50-52-54-56-58-60-62-64-66-68-70-72-78(86)83-75(74-90-82-81(89)80(88)79(87)77(73-84)91-82)76(85)71-69-67-65-63-61-59-57-55-53-51-49-47-45-43-32-30-28-26-24-22-20-18-16-14-12-10-8-6-4-2/h5,7,11,13,17,19,23,25,75-77,79-82,84-85,87-89H,3-4,6,8-10,12,14-16,18,20-22,24,26-74H2,1-2H3,(H,83,86)/b7-5-,13-11-,19-17-,25-23-. The van der Waals surface area contributed by atoms with Crippen LogP contribution in [0.25, 0.3) is 0 Å². The van der Waals surface area contributed by atoms with E-state index in [2.05, 4.69) is 67.8 Å². The Morgan fingerprint density at radius 2 is 0.681 bits per heavy atom. The first-order valence-electron chi connectivity index (χ1n) is 40.3. The van der Waals surface area contributed by atoms with Crippen molar-refractivity contribution >= 4 is 5.91 Å². The lowest BCUT2D eigenvalue weighted by atomic mass is 9.99. The summed E-state index contributed by atoms with van der Waals surface area (Å²) in [4.78, 5) is 13.2. The number of hydrogen-bond donors (Lipinski definition) is 6. The van der Waals surface area contributed by atoms with E-state index in [-0.39, 0.29) is 12.5 Å². The second-order valence-corrected chi connectivity index (χ2v) is 28.2. The number of carbonyl (C=O) groups excluding carboxylic acids is 1. The third kappa shape index (κ3) is 59.2. The molecule has 9 nitrogen and oxygen atoms in total.